The molecular formula is C24H19F3N6O2. The zero-order chi connectivity index (χ0) is 24.7. The van der Waals surface area contributed by atoms with Crippen molar-refractivity contribution >= 4 is 11.7 Å². The highest BCUT2D eigenvalue weighted by atomic mass is 19.4. The zero-order valence-corrected chi connectivity index (χ0v) is 18.7. The molecule has 178 valence electrons. The number of nitrogens with one attached hydrogen (secondary N) is 1. The standard InChI is InChI=1S/C24H19F3N6O2/c1-13-21-17(16-8-3-4-9-18(16)24(25,26)27)11-20(34)30-22(21)33(32-13)23-29-19(12-28-31-23)14-6-5-7-15(10-14)35-2/h3-10,12,17H,11H2,1-2H3,(H,30,34)/t17-/m1/s1. The van der Waals surface area contributed by atoms with Gasteiger partial charge in [-0.1, -0.05) is 30.3 Å². The van der Waals surface area contributed by atoms with Crippen molar-refractivity contribution in [1.82, 2.24) is 25.0 Å². The first-order chi connectivity index (χ1) is 16.8. The van der Waals surface area contributed by atoms with Crippen LogP contribution >= 0.6 is 0 Å². The van der Waals surface area contributed by atoms with Crippen molar-refractivity contribution in [3.05, 3.63) is 77.1 Å². The van der Waals surface area contributed by atoms with Gasteiger partial charge in [0.2, 0.25) is 5.91 Å². The summed E-state index contributed by atoms with van der Waals surface area (Å²) in [6.07, 6.45) is -3.23. The third kappa shape index (κ3) is 4.09. The molecule has 1 aliphatic heterocycles. The molecule has 5 rings (SSSR count). The number of rotatable bonds is 4. The summed E-state index contributed by atoms with van der Waals surface area (Å²) in [6.45, 7) is 1.68. The largest absolute Gasteiger partial charge is 0.497 e. The van der Waals surface area contributed by atoms with Gasteiger partial charge in [-0.2, -0.15) is 28.1 Å². The monoisotopic (exact) mass is 480 g/mol. The first kappa shape index (κ1) is 22.5. The quantitative estimate of drug-likeness (QED) is 0.461. The second kappa shape index (κ2) is 8.49. The summed E-state index contributed by atoms with van der Waals surface area (Å²) in [6, 6.07) is 12.5. The Labute approximate surface area is 197 Å². The van der Waals surface area contributed by atoms with Crippen molar-refractivity contribution in [3.8, 4) is 23.0 Å². The molecule has 1 N–H and O–H groups in total. The average molecular weight is 480 g/mol. The lowest BCUT2D eigenvalue weighted by Gasteiger charge is -2.26. The van der Waals surface area contributed by atoms with Crippen molar-refractivity contribution in [1.29, 1.82) is 0 Å². The normalized spacial score (nSPS) is 15.5. The molecule has 1 amide bonds. The summed E-state index contributed by atoms with van der Waals surface area (Å²) in [4.78, 5) is 17.1. The maximum atomic E-state index is 13.7. The lowest BCUT2D eigenvalue weighted by atomic mass is 9.83. The van der Waals surface area contributed by atoms with E-state index in [1.807, 2.05) is 6.07 Å². The number of aryl methyl sites for hydroxylation is 1. The topological polar surface area (TPSA) is 94.8 Å². The molecule has 1 atom stereocenters. The van der Waals surface area contributed by atoms with Gasteiger partial charge in [-0.25, -0.2) is 4.98 Å². The van der Waals surface area contributed by atoms with Crippen molar-refractivity contribution in [2.75, 3.05) is 12.4 Å². The molecule has 3 heterocycles. The van der Waals surface area contributed by atoms with Crippen LogP contribution in [0, 0.1) is 6.92 Å². The first-order valence-corrected chi connectivity index (χ1v) is 10.7. The number of anilines is 1. The Morgan fingerprint density at radius 3 is 2.71 bits per heavy atom. The number of methoxy groups -OCH3 is 1. The van der Waals surface area contributed by atoms with Gasteiger partial charge in [0.05, 0.1) is 30.3 Å². The number of hydrogen-bond donors (Lipinski definition) is 1. The van der Waals surface area contributed by atoms with Gasteiger partial charge in [0, 0.05) is 23.5 Å². The number of alkyl halides is 3. The number of halogens is 3. The molecule has 4 aromatic rings. The fourth-order valence-electron chi connectivity index (χ4n) is 4.32. The SMILES string of the molecule is COc1cccc(-c2cnnc(-n3nc(C)c4c3NC(=O)C[C@@H]4c3ccccc3C(F)(F)F)n2)c1. The Bertz CT molecular complexity index is 1430. The van der Waals surface area contributed by atoms with E-state index in [1.165, 1.54) is 29.1 Å². The molecule has 0 saturated heterocycles. The van der Waals surface area contributed by atoms with E-state index in [1.54, 1.807) is 32.2 Å². The molecule has 0 aliphatic carbocycles. The van der Waals surface area contributed by atoms with Crippen molar-refractivity contribution < 1.29 is 22.7 Å². The maximum Gasteiger partial charge on any atom is 0.416 e. The maximum absolute atomic E-state index is 13.7. The molecule has 0 bridgehead atoms. The first-order valence-electron chi connectivity index (χ1n) is 10.7. The van der Waals surface area contributed by atoms with Crippen LogP contribution in [0.25, 0.3) is 17.2 Å². The number of ether oxygens (including phenoxy) is 1. The Morgan fingerprint density at radius 2 is 1.94 bits per heavy atom. The van der Waals surface area contributed by atoms with Gasteiger partial charge in [-0.15, -0.1) is 5.10 Å². The summed E-state index contributed by atoms with van der Waals surface area (Å²) >= 11 is 0. The average Bonchev–Trinajstić information content (AvgIpc) is 3.19. The summed E-state index contributed by atoms with van der Waals surface area (Å²) in [7, 11) is 1.55. The highest BCUT2D eigenvalue weighted by Gasteiger charge is 2.39. The van der Waals surface area contributed by atoms with Crippen LogP contribution in [-0.2, 0) is 11.0 Å². The van der Waals surface area contributed by atoms with Crippen LogP contribution in [0.15, 0.2) is 54.7 Å². The van der Waals surface area contributed by atoms with E-state index in [0.717, 1.165) is 11.6 Å². The van der Waals surface area contributed by atoms with Crippen LogP contribution in [0.3, 0.4) is 0 Å². The number of nitrogens with zero attached hydrogens (tertiary/aromatic N) is 5. The van der Waals surface area contributed by atoms with Crippen LogP contribution in [-0.4, -0.2) is 38.0 Å². The lowest BCUT2D eigenvalue weighted by molar-refractivity contribution is -0.138. The smallest absolute Gasteiger partial charge is 0.416 e. The van der Waals surface area contributed by atoms with E-state index >= 15 is 0 Å². The van der Waals surface area contributed by atoms with Gasteiger partial charge in [0.1, 0.15) is 11.6 Å². The van der Waals surface area contributed by atoms with E-state index in [2.05, 4.69) is 25.6 Å². The van der Waals surface area contributed by atoms with Gasteiger partial charge in [-0.05, 0) is 30.7 Å². The van der Waals surface area contributed by atoms with Crippen LogP contribution in [0.5, 0.6) is 5.75 Å². The van der Waals surface area contributed by atoms with E-state index < -0.39 is 23.6 Å². The van der Waals surface area contributed by atoms with Crippen molar-refractivity contribution in [3.63, 3.8) is 0 Å². The van der Waals surface area contributed by atoms with Gasteiger partial charge in [-0.3, -0.25) is 4.79 Å². The molecule has 0 saturated carbocycles. The van der Waals surface area contributed by atoms with Gasteiger partial charge in [0.25, 0.3) is 5.95 Å². The predicted molar refractivity (Wildman–Crippen MR) is 120 cm³/mol. The van der Waals surface area contributed by atoms with Gasteiger partial charge in [0.15, 0.2) is 0 Å². The fourth-order valence-corrected chi connectivity index (χ4v) is 4.32. The Balaban J connectivity index is 1.63. The number of hydrogen-bond acceptors (Lipinski definition) is 6. The van der Waals surface area contributed by atoms with Crippen LogP contribution in [0.2, 0.25) is 0 Å². The molecule has 0 unspecified atom stereocenters. The van der Waals surface area contributed by atoms with E-state index in [9.17, 15) is 18.0 Å². The molecule has 35 heavy (non-hydrogen) atoms. The lowest BCUT2D eigenvalue weighted by Crippen LogP contribution is -2.26. The zero-order valence-electron chi connectivity index (χ0n) is 18.7. The Kier molecular flexibility index (Phi) is 5.46. The number of aromatic nitrogens is 5. The molecule has 8 nitrogen and oxygen atoms in total. The number of fused-ring (bicyclic) bond motifs is 1. The van der Waals surface area contributed by atoms with Gasteiger partial charge < -0.3 is 10.1 Å². The molecule has 0 spiro atoms. The molecule has 1 aliphatic rings. The number of amides is 1. The number of benzene rings is 2. The summed E-state index contributed by atoms with van der Waals surface area (Å²) in [5.74, 6) is -0.337. The second-order valence-electron chi connectivity index (χ2n) is 8.02. The predicted octanol–water partition coefficient (Wildman–Crippen LogP) is 4.53. The highest BCUT2D eigenvalue weighted by Crippen LogP contribution is 2.44. The fraction of sp³-hybridized carbons (Fsp3) is 0.208. The van der Waals surface area contributed by atoms with E-state index in [-0.39, 0.29) is 23.8 Å². The van der Waals surface area contributed by atoms with Crippen LogP contribution in [0.1, 0.15) is 34.7 Å². The highest BCUT2D eigenvalue weighted by molar-refractivity contribution is 5.95. The third-order valence-corrected chi connectivity index (χ3v) is 5.85. The molecule has 11 heteroatoms. The Hall–Kier alpha value is -4.28. The van der Waals surface area contributed by atoms with Crippen LogP contribution < -0.4 is 10.1 Å². The minimum atomic E-state index is -4.56. The summed E-state index contributed by atoms with van der Waals surface area (Å²) in [5.41, 5.74) is 1.38. The van der Waals surface area contributed by atoms with E-state index in [4.69, 9.17) is 4.74 Å². The van der Waals surface area contributed by atoms with Gasteiger partial charge >= 0.3 is 6.18 Å². The second-order valence-corrected chi connectivity index (χ2v) is 8.02. The minimum Gasteiger partial charge on any atom is -0.497 e. The van der Waals surface area contributed by atoms with E-state index in [0.29, 0.717) is 22.7 Å². The molecular weight excluding hydrogens is 461 g/mol. The number of carbonyl (C=O) groups excluding carboxylic acids is 1. The molecule has 2 aromatic carbocycles. The van der Waals surface area contributed by atoms with Crippen molar-refractivity contribution in [2.45, 2.75) is 25.4 Å². The molecule has 2 aromatic heterocycles. The third-order valence-electron chi connectivity index (χ3n) is 5.85. The van der Waals surface area contributed by atoms with Crippen LogP contribution in [0.4, 0.5) is 19.0 Å². The molecule has 0 radical (unpaired) electrons. The molecule has 0 fully saturated rings. The van der Waals surface area contributed by atoms with Crippen molar-refractivity contribution in [2.24, 2.45) is 0 Å². The summed E-state index contributed by atoms with van der Waals surface area (Å²) < 4.78 is 47.8. The summed E-state index contributed by atoms with van der Waals surface area (Å²) in [5, 5.41) is 15.3. The Morgan fingerprint density at radius 1 is 1.14 bits per heavy atom. The minimum absolute atomic E-state index is 0.0166. The number of carbonyl (C=O) groups is 1.